The molecule has 0 amide bonds. The van der Waals surface area contributed by atoms with Crippen molar-refractivity contribution in [1.82, 2.24) is 9.97 Å². The van der Waals surface area contributed by atoms with Crippen LogP contribution in [0.25, 0.3) is 22.5 Å². The maximum atomic E-state index is 14.0. The number of benzene rings is 2. The maximum absolute atomic E-state index is 14.0. The Bertz CT molecular complexity index is 786. The third kappa shape index (κ3) is 2.58. The minimum Gasteiger partial charge on any atom is -0.399 e. The Morgan fingerprint density at radius 2 is 1.48 bits per heavy atom. The van der Waals surface area contributed by atoms with E-state index in [0.29, 0.717) is 17.1 Å². The van der Waals surface area contributed by atoms with Gasteiger partial charge in [-0.15, -0.1) is 0 Å². The average Bonchev–Trinajstić information content (AvgIpc) is 2.48. The van der Waals surface area contributed by atoms with Crippen LogP contribution in [0.15, 0.2) is 54.9 Å². The monoisotopic (exact) mass is 283 g/mol. The Labute approximate surface area is 120 Å². The number of rotatable bonds is 2. The van der Waals surface area contributed by atoms with Crippen molar-refractivity contribution in [3.05, 3.63) is 66.5 Å². The van der Waals surface area contributed by atoms with Crippen LogP contribution in [0, 0.1) is 11.6 Å². The molecule has 0 atom stereocenters. The minimum absolute atomic E-state index is 0.205. The van der Waals surface area contributed by atoms with Gasteiger partial charge >= 0.3 is 0 Å². The summed E-state index contributed by atoms with van der Waals surface area (Å²) in [4.78, 5) is 8.44. The molecular formula is C16H11F2N3. The van der Waals surface area contributed by atoms with Crippen molar-refractivity contribution in [2.75, 3.05) is 5.73 Å². The Hall–Kier alpha value is -2.82. The smallest absolute Gasteiger partial charge is 0.135 e. The topological polar surface area (TPSA) is 51.8 Å². The van der Waals surface area contributed by atoms with Gasteiger partial charge in [-0.2, -0.15) is 0 Å². The highest BCUT2D eigenvalue weighted by molar-refractivity contribution is 5.78. The first-order valence-electron chi connectivity index (χ1n) is 6.27. The molecule has 3 nitrogen and oxygen atoms in total. The second-order valence-corrected chi connectivity index (χ2v) is 4.50. The van der Waals surface area contributed by atoms with Crippen molar-refractivity contribution in [2.45, 2.75) is 0 Å². The maximum Gasteiger partial charge on any atom is 0.135 e. The van der Waals surface area contributed by atoms with E-state index in [1.165, 1.54) is 24.5 Å². The Balaban J connectivity index is 2.18. The number of nitrogens with zero attached hydrogens (tertiary/aromatic N) is 2. The number of nitrogen functional groups attached to an aromatic ring is 1. The number of hydrogen-bond donors (Lipinski definition) is 1. The summed E-state index contributed by atoms with van der Waals surface area (Å²) in [5, 5.41) is 0. The molecule has 3 aromatic rings. The van der Waals surface area contributed by atoms with Crippen molar-refractivity contribution in [3.8, 4) is 22.5 Å². The number of hydrogen-bond acceptors (Lipinski definition) is 3. The van der Waals surface area contributed by atoms with Crippen molar-refractivity contribution >= 4 is 5.69 Å². The zero-order valence-corrected chi connectivity index (χ0v) is 10.9. The van der Waals surface area contributed by atoms with Crippen LogP contribution in [0.2, 0.25) is 0 Å². The van der Waals surface area contributed by atoms with Gasteiger partial charge in [0.1, 0.15) is 11.6 Å². The van der Waals surface area contributed by atoms with Crippen molar-refractivity contribution in [1.29, 1.82) is 0 Å². The second-order valence-electron chi connectivity index (χ2n) is 4.50. The molecule has 1 heterocycles. The minimum atomic E-state index is -0.674. The molecule has 0 fully saturated rings. The van der Waals surface area contributed by atoms with Crippen LogP contribution in [0.3, 0.4) is 0 Å². The summed E-state index contributed by atoms with van der Waals surface area (Å²) in [6, 6.07) is 10.4. The van der Waals surface area contributed by atoms with Crippen LogP contribution in [-0.2, 0) is 0 Å². The summed E-state index contributed by atoms with van der Waals surface area (Å²) in [6.45, 7) is 0. The molecule has 0 radical (unpaired) electrons. The summed E-state index contributed by atoms with van der Waals surface area (Å²) < 4.78 is 27.0. The lowest BCUT2D eigenvalue weighted by Gasteiger charge is -2.09. The molecule has 0 saturated carbocycles. The fourth-order valence-corrected chi connectivity index (χ4v) is 2.07. The van der Waals surface area contributed by atoms with E-state index in [1.54, 1.807) is 24.3 Å². The van der Waals surface area contributed by atoms with Crippen LogP contribution in [-0.4, -0.2) is 9.97 Å². The fraction of sp³-hybridized carbons (Fsp3) is 0. The van der Waals surface area contributed by atoms with E-state index in [2.05, 4.69) is 9.97 Å². The first kappa shape index (κ1) is 13.2. The molecule has 0 saturated heterocycles. The summed E-state index contributed by atoms with van der Waals surface area (Å²) in [7, 11) is 0. The summed E-state index contributed by atoms with van der Waals surface area (Å²) >= 11 is 0. The van der Waals surface area contributed by atoms with E-state index in [-0.39, 0.29) is 5.56 Å². The summed E-state index contributed by atoms with van der Waals surface area (Å²) in [6.07, 6.45) is 3.00. The molecule has 1 aromatic heterocycles. The highest BCUT2D eigenvalue weighted by Gasteiger charge is 2.14. The van der Waals surface area contributed by atoms with Crippen LogP contribution in [0.5, 0.6) is 0 Å². The van der Waals surface area contributed by atoms with Gasteiger partial charge in [-0.05, 0) is 24.3 Å². The van der Waals surface area contributed by atoms with Crippen LogP contribution in [0.4, 0.5) is 14.5 Å². The second kappa shape index (κ2) is 5.28. The summed E-state index contributed by atoms with van der Waals surface area (Å²) in [5.41, 5.74) is 8.12. The van der Waals surface area contributed by atoms with Crippen molar-refractivity contribution < 1.29 is 8.78 Å². The Kier molecular flexibility index (Phi) is 3.31. The van der Waals surface area contributed by atoms with E-state index < -0.39 is 11.6 Å². The van der Waals surface area contributed by atoms with E-state index in [9.17, 15) is 8.78 Å². The van der Waals surface area contributed by atoms with Gasteiger partial charge in [0.15, 0.2) is 0 Å². The molecule has 2 N–H and O–H groups in total. The molecule has 0 aliphatic rings. The Morgan fingerprint density at radius 1 is 0.810 bits per heavy atom. The van der Waals surface area contributed by atoms with Crippen molar-refractivity contribution in [3.63, 3.8) is 0 Å². The Morgan fingerprint density at radius 3 is 2.14 bits per heavy atom. The van der Waals surface area contributed by atoms with E-state index in [4.69, 9.17) is 5.73 Å². The van der Waals surface area contributed by atoms with Gasteiger partial charge in [0.2, 0.25) is 0 Å². The summed E-state index contributed by atoms with van der Waals surface area (Å²) in [5.74, 6) is -1.30. The number of halogens is 2. The highest BCUT2D eigenvalue weighted by atomic mass is 19.1. The third-order valence-electron chi connectivity index (χ3n) is 3.07. The van der Waals surface area contributed by atoms with Crippen LogP contribution < -0.4 is 5.73 Å². The lowest BCUT2D eigenvalue weighted by Crippen LogP contribution is -1.95. The van der Waals surface area contributed by atoms with Crippen molar-refractivity contribution in [2.24, 2.45) is 0 Å². The molecule has 0 spiro atoms. The molecule has 3 rings (SSSR count). The molecule has 0 unspecified atom stereocenters. The van der Waals surface area contributed by atoms with Gasteiger partial charge in [-0.25, -0.2) is 8.78 Å². The predicted octanol–water partition coefficient (Wildman–Crippen LogP) is 3.67. The molecule has 2 aromatic carbocycles. The zero-order chi connectivity index (χ0) is 14.8. The normalized spacial score (nSPS) is 10.6. The van der Waals surface area contributed by atoms with Gasteiger partial charge in [0.25, 0.3) is 0 Å². The standard InChI is InChI=1S/C16H11F2N3/c17-11-3-6-13(14(18)9-11)16-15(20-7-8-21-16)10-1-4-12(19)5-2-10/h1-9H,19H2. The first-order valence-corrected chi connectivity index (χ1v) is 6.27. The molecule has 21 heavy (non-hydrogen) atoms. The quantitative estimate of drug-likeness (QED) is 0.730. The third-order valence-corrected chi connectivity index (χ3v) is 3.07. The van der Waals surface area contributed by atoms with Crippen LogP contribution in [0.1, 0.15) is 0 Å². The molecule has 5 heteroatoms. The number of nitrogens with two attached hydrogens (primary N) is 1. The number of anilines is 1. The van der Waals surface area contributed by atoms with Gasteiger partial charge in [-0.1, -0.05) is 12.1 Å². The molecule has 0 bridgehead atoms. The molecular weight excluding hydrogens is 272 g/mol. The lowest BCUT2D eigenvalue weighted by molar-refractivity contribution is 0.585. The average molecular weight is 283 g/mol. The molecule has 104 valence electrons. The number of aromatic nitrogens is 2. The highest BCUT2D eigenvalue weighted by Crippen LogP contribution is 2.30. The zero-order valence-electron chi connectivity index (χ0n) is 10.9. The lowest BCUT2D eigenvalue weighted by atomic mass is 10.0. The van der Waals surface area contributed by atoms with Gasteiger partial charge < -0.3 is 5.73 Å². The fourth-order valence-electron chi connectivity index (χ4n) is 2.07. The first-order chi connectivity index (χ1) is 10.1. The van der Waals surface area contributed by atoms with Crippen LogP contribution >= 0.6 is 0 Å². The van der Waals surface area contributed by atoms with Gasteiger partial charge in [-0.3, -0.25) is 9.97 Å². The van der Waals surface area contributed by atoms with E-state index >= 15 is 0 Å². The molecule has 0 aliphatic heterocycles. The SMILES string of the molecule is Nc1ccc(-c2nccnc2-c2ccc(F)cc2F)cc1. The van der Waals surface area contributed by atoms with E-state index in [1.807, 2.05) is 0 Å². The van der Waals surface area contributed by atoms with Gasteiger partial charge in [0, 0.05) is 35.3 Å². The largest absolute Gasteiger partial charge is 0.399 e. The molecule has 0 aliphatic carbocycles. The predicted molar refractivity (Wildman–Crippen MR) is 77.2 cm³/mol. The van der Waals surface area contributed by atoms with E-state index in [0.717, 1.165) is 11.6 Å². The van der Waals surface area contributed by atoms with Gasteiger partial charge in [0.05, 0.1) is 11.4 Å².